The Hall–Kier alpha value is -8.18. The highest BCUT2D eigenvalue weighted by Crippen LogP contribution is 2.42. The lowest BCUT2D eigenvalue weighted by Gasteiger charge is -2.35. The smallest absolute Gasteiger partial charge is 0.181 e. The van der Waals surface area contributed by atoms with E-state index in [0.717, 1.165) is 17.1 Å². The Bertz CT molecular complexity index is 3830. The van der Waals surface area contributed by atoms with E-state index in [9.17, 15) is 0 Å². The average Bonchev–Trinajstić information content (AvgIpc) is 4.02. The first kappa shape index (κ1) is 36.5. The molecular weight excluding hydrogens is 791 g/mol. The molecular formula is C60H41N3Si. The van der Waals surface area contributed by atoms with E-state index in [1.807, 2.05) is 0 Å². The molecule has 0 aliphatic heterocycles. The molecule has 0 saturated carbocycles. The summed E-state index contributed by atoms with van der Waals surface area (Å²) in [5, 5.41) is 12.9. The van der Waals surface area contributed by atoms with Crippen LogP contribution in [0.4, 0.5) is 0 Å². The van der Waals surface area contributed by atoms with E-state index in [2.05, 4.69) is 262 Å². The van der Waals surface area contributed by atoms with Crippen molar-refractivity contribution in [3.8, 4) is 17.1 Å². The van der Waals surface area contributed by atoms with Gasteiger partial charge < -0.3 is 13.7 Å². The van der Waals surface area contributed by atoms with E-state index in [1.54, 1.807) is 0 Å². The van der Waals surface area contributed by atoms with Crippen LogP contribution < -0.4 is 20.7 Å². The fraction of sp³-hybridized carbons (Fsp3) is 0. The quantitative estimate of drug-likeness (QED) is 0.112. The van der Waals surface area contributed by atoms with Gasteiger partial charge in [0, 0.05) is 49.4 Å². The minimum Gasteiger partial charge on any atom is -0.309 e. The second kappa shape index (κ2) is 14.5. The van der Waals surface area contributed by atoms with Crippen molar-refractivity contribution in [2.75, 3.05) is 0 Å². The van der Waals surface area contributed by atoms with Crippen molar-refractivity contribution in [3.05, 3.63) is 249 Å². The Morgan fingerprint density at radius 2 is 0.641 bits per heavy atom. The van der Waals surface area contributed by atoms with E-state index in [1.165, 1.54) is 86.2 Å². The normalized spacial score (nSPS) is 12.1. The topological polar surface area (TPSA) is 14.8 Å². The highest BCUT2D eigenvalue weighted by atomic mass is 28.3. The summed E-state index contributed by atoms with van der Waals surface area (Å²) in [7, 11) is -3.05. The summed E-state index contributed by atoms with van der Waals surface area (Å²) in [5.41, 5.74) is 10.7. The lowest BCUT2D eigenvalue weighted by molar-refractivity contribution is 1.17. The molecule has 0 aliphatic rings. The first-order valence-corrected chi connectivity index (χ1v) is 24.1. The summed E-state index contributed by atoms with van der Waals surface area (Å²) in [6, 6.07) is 92.3. The van der Waals surface area contributed by atoms with Gasteiger partial charge in [-0.25, -0.2) is 0 Å². The number of hydrogen-bond donors (Lipinski definition) is 0. The molecule has 64 heavy (non-hydrogen) atoms. The Labute approximate surface area is 372 Å². The van der Waals surface area contributed by atoms with E-state index in [0.29, 0.717) is 0 Å². The Kier molecular flexibility index (Phi) is 8.23. The maximum atomic E-state index is 2.51. The summed E-state index contributed by atoms with van der Waals surface area (Å²) in [6.07, 6.45) is 0. The maximum absolute atomic E-state index is 3.05. The summed E-state index contributed by atoms with van der Waals surface area (Å²) in [6.45, 7) is 0. The molecule has 13 aromatic rings. The third-order valence-electron chi connectivity index (χ3n) is 13.6. The van der Waals surface area contributed by atoms with Crippen molar-refractivity contribution in [1.29, 1.82) is 0 Å². The SMILES string of the molecule is c1ccc(-n2c3ccccc3c3c2ccc2c4ccccc4n(-c4ccc([Si](c5ccccc5)(c5ccccc5)c5cccc6c7ccccc7n(-c7ccccc7)c56)cc4)c23)cc1. The molecule has 13 rings (SSSR count). The van der Waals surface area contributed by atoms with Crippen molar-refractivity contribution in [2.45, 2.75) is 0 Å². The highest BCUT2D eigenvalue weighted by Gasteiger charge is 2.43. The number of hydrogen-bond acceptors (Lipinski definition) is 0. The summed E-state index contributed by atoms with van der Waals surface area (Å²) < 4.78 is 7.45. The number of nitrogens with zero attached hydrogens (tertiary/aromatic N) is 3. The third kappa shape index (κ3) is 5.21. The van der Waals surface area contributed by atoms with E-state index >= 15 is 0 Å². The van der Waals surface area contributed by atoms with Gasteiger partial charge in [-0.3, -0.25) is 0 Å². The van der Waals surface area contributed by atoms with Gasteiger partial charge in [0.25, 0.3) is 0 Å². The van der Waals surface area contributed by atoms with Gasteiger partial charge in [-0.05, 0) is 81.4 Å². The number of para-hydroxylation sites is 6. The molecule has 0 atom stereocenters. The maximum Gasteiger partial charge on any atom is 0.181 e. The fourth-order valence-corrected chi connectivity index (χ4v) is 15.9. The van der Waals surface area contributed by atoms with Crippen LogP contribution in [0.25, 0.3) is 82.5 Å². The van der Waals surface area contributed by atoms with Crippen molar-refractivity contribution in [3.63, 3.8) is 0 Å². The molecule has 0 unspecified atom stereocenters. The van der Waals surface area contributed by atoms with Crippen LogP contribution >= 0.6 is 0 Å². The third-order valence-corrected chi connectivity index (χ3v) is 18.4. The van der Waals surface area contributed by atoms with E-state index in [-0.39, 0.29) is 0 Å². The largest absolute Gasteiger partial charge is 0.309 e. The van der Waals surface area contributed by atoms with Gasteiger partial charge in [-0.2, -0.15) is 0 Å². The first-order chi connectivity index (χ1) is 31.8. The van der Waals surface area contributed by atoms with Crippen LogP contribution in [0, 0.1) is 0 Å². The van der Waals surface area contributed by atoms with Gasteiger partial charge in [0.05, 0.1) is 33.1 Å². The lowest BCUT2D eigenvalue weighted by Crippen LogP contribution is -2.75. The van der Waals surface area contributed by atoms with Crippen molar-refractivity contribution in [1.82, 2.24) is 13.7 Å². The molecule has 300 valence electrons. The molecule has 3 aromatic heterocycles. The zero-order valence-corrected chi connectivity index (χ0v) is 36.0. The minimum atomic E-state index is -3.05. The van der Waals surface area contributed by atoms with Gasteiger partial charge in [0.2, 0.25) is 0 Å². The molecule has 3 nitrogen and oxygen atoms in total. The van der Waals surface area contributed by atoms with Crippen LogP contribution in [0.3, 0.4) is 0 Å². The molecule has 0 radical (unpaired) electrons. The molecule has 0 bridgehead atoms. The average molecular weight is 832 g/mol. The minimum absolute atomic E-state index is 1.14. The predicted molar refractivity (Wildman–Crippen MR) is 273 cm³/mol. The Morgan fingerprint density at radius 3 is 1.22 bits per heavy atom. The number of aromatic nitrogens is 3. The van der Waals surface area contributed by atoms with Crippen LogP contribution in [-0.2, 0) is 0 Å². The molecule has 0 spiro atoms. The lowest BCUT2D eigenvalue weighted by atomic mass is 10.1. The summed E-state index contributed by atoms with van der Waals surface area (Å²) in [5.74, 6) is 0. The van der Waals surface area contributed by atoms with Crippen molar-refractivity contribution >= 4 is 94.2 Å². The monoisotopic (exact) mass is 831 g/mol. The van der Waals surface area contributed by atoms with Gasteiger partial charge >= 0.3 is 0 Å². The second-order valence-corrected chi connectivity index (χ2v) is 20.6. The number of fused-ring (bicyclic) bond motifs is 10. The van der Waals surface area contributed by atoms with Gasteiger partial charge in [0.15, 0.2) is 8.07 Å². The summed E-state index contributed by atoms with van der Waals surface area (Å²) in [4.78, 5) is 0. The Morgan fingerprint density at radius 1 is 0.234 bits per heavy atom. The molecule has 0 aliphatic carbocycles. The fourth-order valence-electron chi connectivity index (χ4n) is 11.0. The van der Waals surface area contributed by atoms with Gasteiger partial charge in [-0.1, -0.05) is 188 Å². The first-order valence-electron chi connectivity index (χ1n) is 22.1. The molecule has 0 fully saturated rings. The van der Waals surface area contributed by atoms with Crippen LogP contribution in [0.1, 0.15) is 0 Å². The molecule has 0 amide bonds. The Balaban J connectivity index is 1.12. The summed E-state index contributed by atoms with van der Waals surface area (Å²) >= 11 is 0. The van der Waals surface area contributed by atoms with Gasteiger partial charge in [-0.15, -0.1) is 0 Å². The van der Waals surface area contributed by atoms with E-state index in [4.69, 9.17) is 0 Å². The molecule has 0 N–H and O–H groups in total. The zero-order valence-electron chi connectivity index (χ0n) is 35.0. The predicted octanol–water partition coefficient (Wildman–Crippen LogP) is 12.4. The standard InChI is InChI=1S/C60H41N3Si/c1-5-20-42(21-6-1)61-55-34-18-15-30-52(55)58-56(61)41-40-51-49-29-14-17-33-54(49)63(60(51)58)44-36-38-47(39-37-44)64(45-24-9-3-10-25-45,46-26-11-4-12-27-46)57-35-19-31-50-48-28-13-16-32-53(48)62(59(50)57)43-22-7-2-8-23-43/h1-41H. The molecule has 3 heterocycles. The molecule has 0 saturated heterocycles. The second-order valence-electron chi connectivity index (χ2n) is 16.8. The molecule has 4 heteroatoms. The number of rotatable bonds is 7. The van der Waals surface area contributed by atoms with Crippen LogP contribution in [0.15, 0.2) is 249 Å². The molecule has 10 aromatic carbocycles. The zero-order chi connectivity index (χ0) is 42.2. The van der Waals surface area contributed by atoms with Crippen molar-refractivity contribution in [2.24, 2.45) is 0 Å². The van der Waals surface area contributed by atoms with Crippen LogP contribution in [-0.4, -0.2) is 21.8 Å². The van der Waals surface area contributed by atoms with Crippen LogP contribution in [0.5, 0.6) is 0 Å². The number of benzene rings is 10. The van der Waals surface area contributed by atoms with Gasteiger partial charge in [0.1, 0.15) is 0 Å². The van der Waals surface area contributed by atoms with Crippen molar-refractivity contribution < 1.29 is 0 Å². The van der Waals surface area contributed by atoms with Crippen LogP contribution in [0.2, 0.25) is 0 Å². The van der Waals surface area contributed by atoms with E-state index < -0.39 is 8.07 Å². The highest BCUT2D eigenvalue weighted by molar-refractivity contribution is 7.20.